The smallest absolute Gasteiger partial charge is 0.411 e. The van der Waals surface area contributed by atoms with Gasteiger partial charge in [0.05, 0.1) is 0 Å². The lowest BCUT2D eigenvalue weighted by atomic mass is 9.61. The third-order valence-corrected chi connectivity index (χ3v) is 3.95. The summed E-state index contributed by atoms with van der Waals surface area (Å²) in [5.74, 6) is -0.791. The number of carboxylic acids is 1. The van der Waals surface area contributed by atoms with Gasteiger partial charge >= 0.3 is 12.1 Å². The molecule has 0 aromatic rings. The number of carbonyl (C=O) groups is 2. The summed E-state index contributed by atoms with van der Waals surface area (Å²) in [7, 11) is 0. The number of carbonyl (C=O) groups excluding carboxylic acids is 1. The van der Waals surface area contributed by atoms with E-state index in [1.165, 1.54) is 4.90 Å². The number of fused-ring (bicyclic) bond motifs is 1. The first-order valence-corrected chi connectivity index (χ1v) is 6.51. The number of amides is 1. The molecule has 2 fully saturated rings. The maximum Gasteiger partial charge on any atom is 0.411 e. The Hall–Kier alpha value is -1.26. The largest absolute Gasteiger partial charge is 0.479 e. The number of aliphatic carboxylic acids is 1. The second-order valence-electron chi connectivity index (χ2n) is 6.24. The quantitative estimate of drug-likeness (QED) is 0.780. The molecule has 2 unspecified atom stereocenters. The van der Waals surface area contributed by atoms with Gasteiger partial charge in [-0.2, -0.15) is 0 Å². The van der Waals surface area contributed by atoms with Gasteiger partial charge in [0.2, 0.25) is 0 Å². The summed E-state index contributed by atoms with van der Waals surface area (Å²) in [6.07, 6.45) is 2.71. The molecule has 1 heterocycles. The van der Waals surface area contributed by atoms with E-state index in [9.17, 15) is 14.7 Å². The lowest BCUT2D eigenvalue weighted by molar-refractivity contribution is -0.170. The van der Waals surface area contributed by atoms with E-state index in [1.807, 2.05) is 0 Å². The van der Waals surface area contributed by atoms with Crippen molar-refractivity contribution in [3.63, 3.8) is 0 Å². The maximum absolute atomic E-state index is 12.2. The highest BCUT2D eigenvalue weighted by atomic mass is 16.6. The van der Waals surface area contributed by atoms with E-state index < -0.39 is 23.2 Å². The molecule has 18 heavy (non-hydrogen) atoms. The number of carboxylic acid groups (broad SMARTS) is 1. The number of nitrogens with zero attached hydrogens (tertiary/aromatic N) is 1. The molecule has 0 aromatic carbocycles. The highest BCUT2D eigenvalue weighted by Gasteiger charge is 2.60. The minimum absolute atomic E-state index is 0.0938. The average Bonchev–Trinajstić information content (AvgIpc) is 2.16. The predicted molar refractivity (Wildman–Crippen MR) is 65.3 cm³/mol. The van der Waals surface area contributed by atoms with Gasteiger partial charge in [-0.15, -0.1) is 0 Å². The molecule has 0 spiro atoms. The van der Waals surface area contributed by atoms with E-state index in [0.717, 1.165) is 19.3 Å². The van der Waals surface area contributed by atoms with E-state index in [1.54, 1.807) is 20.8 Å². The fourth-order valence-corrected chi connectivity index (χ4v) is 3.02. The molecule has 5 nitrogen and oxygen atoms in total. The Morgan fingerprint density at radius 2 is 2.00 bits per heavy atom. The van der Waals surface area contributed by atoms with Crippen molar-refractivity contribution < 1.29 is 19.4 Å². The second kappa shape index (κ2) is 4.14. The van der Waals surface area contributed by atoms with E-state index in [0.29, 0.717) is 13.0 Å². The molecule has 0 bridgehead atoms. The Morgan fingerprint density at radius 3 is 2.44 bits per heavy atom. The van der Waals surface area contributed by atoms with Gasteiger partial charge in [0.15, 0.2) is 0 Å². The Labute approximate surface area is 107 Å². The highest BCUT2D eigenvalue weighted by Crippen LogP contribution is 2.49. The topological polar surface area (TPSA) is 66.8 Å². The number of ether oxygens (including phenoxy) is 1. The molecule has 0 aromatic heterocycles. The van der Waals surface area contributed by atoms with Crippen molar-refractivity contribution >= 4 is 12.1 Å². The Morgan fingerprint density at radius 1 is 1.33 bits per heavy atom. The van der Waals surface area contributed by atoms with E-state index in [-0.39, 0.29) is 5.92 Å². The molecule has 1 amide bonds. The van der Waals surface area contributed by atoms with Crippen LogP contribution in [-0.2, 0) is 9.53 Å². The summed E-state index contributed by atoms with van der Waals surface area (Å²) < 4.78 is 5.33. The van der Waals surface area contributed by atoms with E-state index in [2.05, 4.69) is 0 Å². The molecule has 1 N–H and O–H groups in total. The molecule has 2 aliphatic rings. The van der Waals surface area contributed by atoms with Crippen LogP contribution in [0.15, 0.2) is 0 Å². The fourth-order valence-electron chi connectivity index (χ4n) is 3.02. The second-order valence-corrected chi connectivity index (χ2v) is 6.24. The highest BCUT2D eigenvalue weighted by molar-refractivity contribution is 5.86. The maximum atomic E-state index is 12.2. The van der Waals surface area contributed by atoms with Crippen molar-refractivity contribution in [3.05, 3.63) is 0 Å². The monoisotopic (exact) mass is 255 g/mol. The van der Waals surface area contributed by atoms with Crippen molar-refractivity contribution in [1.82, 2.24) is 4.90 Å². The van der Waals surface area contributed by atoms with Crippen LogP contribution < -0.4 is 0 Å². The minimum Gasteiger partial charge on any atom is -0.479 e. The van der Waals surface area contributed by atoms with Crippen LogP contribution in [0.5, 0.6) is 0 Å². The molecule has 5 heteroatoms. The van der Waals surface area contributed by atoms with Crippen LogP contribution in [0.2, 0.25) is 0 Å². The third-order valence-electron chi connectivity index (χ3n) is 3.95. The van der Waals surface area contributed by atoms with Crippen LogP contribution in [0.4, 0.5) is 4.79 Å². The lowest BCUT2D eigenvalue weighted by Gasteiger charge is -2.55. The predicted octanol–water partition coefficient (Wildman–Crippen LogP) is 2.25. The third kappa shape index (κ3) is 1.95. The zero-order chi connectivity index (χ0) is 13.6. The van der Waals surface area contributed by atoms with Crippen LogP contribution in [-0.4, -0.2) is 39.8 Å². The normalized spacial score (nSPS) is 31.3. The zero-order valence-corrected chi connectivity index (χ0v) is 11.2. The lowest BCUT2D eigenvalue weighted by Crippen LogP contribution is -2.69. The van der Waals surface area contributed by atoms with E-state index in [4.69, 9.17) is 4.74 Å². The van der Waals surface area contributed by atoms with Crippen LogP contribution in [0, 0.1) is 5.92 Å². The number of rotatable bonds is 1. The van der Waals surface area contributed by atoms with E-state index >= 15 is 0 Å². The van der Waals surface area contributed by atoms with Gasteiger partial charge in [-0.1, -0.05) is 0 Å². The van der Waals surface area contributed by atoms with Crippen LogP contribution in [0.1, 0.15) is 46.5 Å². The van der Waals surface area contributed by atoms with Gasteiger partial charge in [-0.25, -0.2) is 9.59 Å². The van der Waals surface area contributed by atoms with Crippen molar-refractivity contribution in [2.45, 2.75) is 57.6 Å². The molecule has 2 rings (SSSR count). The molecule has 1 aliphatic carbocycles. The van der Waals surface area contributed by atoms with Gasteiger partial charge in [0, 0.05) is 6.54 Å². The molecule has 102 valence electrons. The Kier molecular flexibility index (Phi) is 3.03. The summed E-state index contributed by atoms with van der Waals surface area (Å²) >= 11 is 0. The zero-order valence-electron chi connectivity index (χ0n) is 11.2. The Bertz CT molecular complexity index is 374. The van der Waals surface area contributed by atoms with Crippen molar-refractivity contribution in [1.29, 1.82) is 0 Å². The molecule has 1 saturated carbocycles. The van der Waals surface area contributed by atoms with Gasteiger partial charge in [-0.05, 0) is 52.4 Å². The Balaban J connectivity index is 2.20. The molecule has 0 radical (unpaired) electrons. The van der Waals surface area contributed by atoms with Crippen molar-refractivity contribution in [2.24, 2.45) is 5.92 Å². The van der Waals surface area contributed by atoms with Crippen LogP contribution in [0.3, 0.4) is 0 Å². The first-order chi connectivity index (χ1) is 8.27. The number of piperidine rings is 1. The first kappa shape index (κ1) is 13.2. The van der Waals surface area contributed by atoms with Crippen LogP contribution in [0.25, 0.3) is 0 Å². The number of hydrogen-bond donors (Lipinski definition) is 1. The van der Waals surface area contributed by atoms with Gasteiger partial charge < -0.3 is 9.84 Å². The summed E-state index contributed by atoms with van der Waals surface area (Å²) in [5.41, 5.74) is -1.59. The molecular formula is C13H21NO4. The first-order valence-electron chi connectivity index (χ1n) is 6.51. The summed E-state index contributed by atoms with van der Waals surface area (Å²) in [5, 5.41) is 9.49. The number of likely N-dealkylation sites (tertiary alicyclic amines) is 1. The summed E-state index contributed by atoms with van der Waals surface area (Å²) in [6.45, 7) is 5.86. The molecule has 2 atom stereocenters. The molecular weight excluding hydrogens is 234 g/mol. The fraction of sp³-hybridized carbons (Fsp3) is 0.846. The molecule has 1 aliphatic heterocycles. The number of hydrogen-bond acceptors (Lipinski definition) is 3. The van der Waals surface area contributed by atoms with Gasteiger partial charge in [0.25, 0.3) is 0 Å². The van der Waals surface area contributed by atoms with Crippen molar-refractivity contribution in [3.8, 4) is 0 Å². The molecule has 1 saturated heterocycles. The summed E-state index contributed by atoms with van der Waals surface area (Å²) in [4.78, 5) is 25.2. The van der Waals surface area contributed by atoms with Crippen LogP contribution >= 0.6 is 0 Å². The minimum atomic E-state index is -0.999. The standard InChI is InChI=1S/C13H21NO4/c1-12(2,3)18-11(17)14-8-4-5-9-6-7-13(9,14)10(15)16/h9H,4-8H2,1-3H3,(H,15,16). The van der Waals surface area contributed by atoms with Crippen molar-refractivity contribution in [2.75, 3.05) is 6.54 Å². The van der Waals surface area contributed by atoms with Gasteiger partial charge in [0.1, 0.15) is 11.1 Å². The average molecular weight is 255 g/mol. The SMILES string of the molecule is CC(C)(C)OC(=O)N1CCCC2CCC21C(=O)O. The summed E-state index contributed by atoms with van der Waals surface area (Å²) in [6, 6.07) is 0. The van der Waals surface area contributed by atoms with Gasteiger partial charge in [-0.3, -0.25) is 4.90 Å².